The Kier molecular flexibility index (Phi) is 5.53. The predicted molar refractivity (Wildman–Crippen MR) is 108 cm³/mol. The predicted octanol–water partition coefficient (Wildman–Crippen LogP) is 2.54. The molecule has 7 nitrogen and oxygen atoms in total. The summed E-state index contributed by atoms with van der Waals surface area (Å²) in [4.78, 5) is 26.6. The van der Waals surface area contributed by atoms with E-state index in [-0.39, 0.29) is 29.2 Å². The van der Waals surface area contributed by atoms with Crippen molar-refractivity contribution in [2.45, 2.75) is 59.0 Å². The van der Waals surface area contributed by atoms with Crippen LogP contribution in [0.4, 0.5) is 0 Å². The molecule has 29 heavy (non-hydrogen) atoms. The van der Waals surface area contributed by atoms with Crippen molar-refractivity contribution in [3.8, 4) is 0 Å². The lowest BCUT2D eigenvalue weighted by Gasteiger charge is -2.17. The van der Waals surface area contributed by atoms with Crippen LogP contribution in [0.2, 0.25) is 0 Å². The van der Waals surface area contributed by atoms with Gasteiger partial charge >= 0.3 is 0 Å². The van der Waals surface area contributed by atoms with Crippen molar-refractivity contribution in [2.24, 2.45) is 0 Å². The zero-order valence-corrected chi connectivity index (χ0v) is 18.0. The van der Waals surface area contributed by atoms with Gasteiger partial charge in [0.25, 0.3) is 15.9 Å². The topological polar surface area (TPSA) is 97.3 Å². The van der Waals surface area contributed by atoms with Crippen LogP contribution in [0, 0.1) is 0 Å². The molecule has 0 saturated carbocycles. The Hall–Kier alpha value is -2.32. The maximum atomic E-state index is 13.4. The highest BCUT2D eigenvalue weighted by Crippen LogP contribution is 2.31. The van der Waals surface area contributed by atoms with Gasteiger partial charge in [-0.3, -0.25) is 14.1 Å². The van der Waals surface area contributed by atoms with E-state index < -0.39 is 10.1 Å². The molecule has 0 atom stereocenters. The molecule has 156 valence electrons. The molecule has 2 aromatic rings. The van der Waals surface area contributed by atoms with Gasteiger partial charge in [-0.15, -0.1) is 0 Å². The number of imidazole rings is 1. The standard InChI is InChI=1S/C21H26N2O5S/c1-5-22-16-17(19(25)15-11-7-6-10-14(15)18(16)24)23(20(22)21(2,3)4)12-8-9-13-29(26,27)28/h6-7,10-11H,5,8-9,12-13H2,1-4H3/p+1. The van der Waals surface area contributed by atoms with E-state index >= 15 is 0 Å². The highest BCUT2D eigenvalue weighted by Gasteiger charge is 2.46. The smallest absolute Gasteiger partial charge is 0.264 e. The Morgan fingerprint density at radius 2 is 1.62 bits per heavy atom. The number of unbranched alkanes of at least 4 members (excludes halogenated alkanes) is 1. The van der Waals surface area contributed by atoms with Gasteiger partial charge in [0, 0.05) is 11.1 Å². The summed E-state index contributed by atoms with van der Waals surface area (Å²) in [6.45, 7) is 8.94. The molecule has 8 heteroatoms. The van der Waals surface area contributed by atoms with Crippen LogP contribution in [0.3, 0.4) is 0 Å². The maximum Gasteiger partial charge on any atom is 0.264 e. The van der Waals surface area contributed by atoms with Crippen molar-refractivity contribution in [2.75, 3.05) is 5.75 Å². The second kappa shape index (κ2) is 7.50. The van der Waals surface area contributed by atoms with Crippen LogP contribution in [-0.2, 0) is 28.6 Å². The Bertz CT molecular complexity index is 1090. The van der Waals surface area contributed by atoms with E-state index in [1.54, 1.807) is 24.3 Å². The minimum Gasteiger partial charge on any atom is -0.286 e. The highest BCUT2D eigenvalue weighted by molar-refractivity contribution is 7.85. The molecule has 3 rings (SSSR count). The fraction of sp³-hybridized carbons (Fsp3) is 0.476. The largest absolute Gasteiger partial charge is 0.286 e. The van der Waals surface area contributed by atoms with Gasteiger partial charge in [-0.05, 0) is 40.5 Å². The number of hydrogen-bond acceptors (Lipinski definition) is 4. The molecule has 0 saturated heterocycles. The van der Waals surface area contributed by atoms with Gasteiger partial charge in [0.05, 0.1) is 24.3 Å². The number of fused-ring (bicyclic) bond motifs is 2. The molecule has 0 fully saturated rings. The first kappa shape index (κ1) is 21.4. The van der Waals surface area contributed by atoms with E-state index in [1.807, 2.05) is 36.8 Å². The van der Waals surface area contributed by atoms with Gasteiger partial charge in [0.15, 0.2) is 0 Å². The number of carbonyl (C=O) groups excluding carboxylic acids is 2. The zero-order valence-electron chi connectivity index (χ0n) is 17.2. The van der Waals surface area contributed by atoms with Crippen LogP contribution in [0.25, 0.3) is 0 Å². The lowest BCUT2D eigenvalue weighted by Crippen LogP contribution is -2.47. The number of rotatable bonds is 6. The van der Waals surface area contributed by atoms with Gasteiger partial charge in [0.2, 0.25) is 23.0 Å². The van der Waals surface area contributed by atoms with Gasteiger partial charge in [-0.25, -0.2) is 9.13 Å². The van der Waals surface area contributed by atoms with E-state index in [1.165, 1.54) is 0 Å². The molecular weight excluding hydrogens is 392 g/mol. The Labute approximate surface area is 171 Å². The van der Waals surface area contributed by atoms with Crippen LogP contribution in [-0.4, -0.2) is 34.9 Å². The molecular formula is C21H27N2O5S+. The quantitative estimate of drug-likeness (QED) is 0.376. The lowest BCUT2D eigenvalue weighted by atomic mass is 9.90. The highest BCUT2D eigenvalue weighted by atomic mass is 32.2. The first-order valence-electron chi connectivity index (χ1n) is 9.77. The number of carbonyl (C=O) groups is 2. The monoisotopic (exact) mass is 419 g/mol. The molecule has 0 radical (unpaired) electrons. The number of nitrogens with zero attached hydrogens (tertiary/aromatic N) is 2. The SMILES string of the molecule is CCn1c2c([n+](CCCCS(=O)(=O)O)c1C(C)(C)C)C(=O)c1ccccc1C2=O. The van der Waals surface area contributed by atoms with Crippen LogP contribution in [0.1, 0.15) is 78.5 Å². The van der Waals surface area contributed by atoms with Crippen molar-refractivity contribution >= 4 is 21.7 Å². The molecule has 0 spiro atoms. The summed E-state index contributed by atoms with van der Waals surface area (Å²) in [5.74, 6) is 0.165. The first-order chi connectivity index (χ1) is 13.5. The summed E-state index contributed by atoms with van der Waals surface area (Å²) in [7, 11) is -4.03. The molecule has 0 unspecified atom stereocenters. The van der Waals surface area contributed by atoms with Crippen LogP contribution in [0.5, 0.6) is 0 Å². The molecule has 1 heterocycles. The molecule has 0 amide bonds. The van der Waals surface area contributed by atoms with E-state index in [9.17, 15) is 18.0 Å². The van der Waals surface area contributed by atoms with Gasteiger partial charge < -0.3 is 0 Å². The van der Waals surface area contributed by atoms with E-state index in [4.69, 9.17) is 4.55 Å². The summed E-state index contributed by atoms with van der Waals surface area (Å²) < 4.78 is 34.8. The van der Waals surface area contributed by atoms with Gasteiger partial charge in [-0.1, -0.05) is 24.3 Å². The Morgan fingerprint density at radius 3 is 2.14 bits per heavy atom. The summed E-state index contributed by atoms with van der Waals surface area (Å²) >= 11 is 0. The van der Waals surface area contributed by atoms with E-state index in [0.29, 0.717) is 42.0 Å². The minimum atomic E-state index is -4.03. The number of benzene rings is 1. The third kappa shape index (κ3) is 3.91. The van der Waals surface area contributed by atoms with Crippen LogP contribution < -0.4 is 4.57 Å². The summed E-state index contributed by atoms with van der Waals surface area (Å²) in [5.41, 5.74) is 1.23. The summed E-state index contributed by atoms with van der Waals surface area (Å²) in [6.07, 6.45) is 0.719. The minimum absolute atomic E-state index is 0.167. The van der Waals surface area contributed by atoms with Crippen LogP contribution >= 0.6 is 0 Å². The molecule has 0 aliphatic heterocycles. The molecule has 1 N–H and O–H groups in total. The number of ketones is 2. The van der Waals surface area contributed by atoms with Crippen molar-refractivity contribution in [1.29, 1.82) is 0 Å². The molecule has 1 aromatic carbocycles. The summed E-state index contributed by atoms with van der Waals surface area (Å²) in [6, 6.07) is 6.84. The lowest BCUT2D eigenvalue weighted by molar-refractivity contribution is -0.708. The third-order valence-electron chi connectivity index (χ3n) is 5.14. The first-order valence-corrected chi connectivity index (χ1v) is 11.4. The normalized spacial score (nSPS) is 14.1. The second-order valence-corrected chi connectivity index (χ2v) is 9.94. The van der Waals surface area contributed by atoms with E-state index in [0.717, 1.165) is 5.82 Å². The van der Waals surface area contributed by atoms with Crippen molar-refractivity contribution in [3.63, 3.8) is 0 Å². The number of hydrogen-bond donors (Lipinski definition) is 1. The molecule has 1 aliphatic carbocycles. The molecule has 0 bridgehead atoms. The van der Waals surface area contributed by atoms with E-state index in [2.05, 4.69) is 0 Å². The zero-order chi connectivity index (χ0) is 21.6. The fourth-order valence-corrected chi connectivity index (χ4v) is 4.67. The third-order valence-corrected chi connectivity index (χ3v) is 5.95. The fourth-order valence-electron chi connectivity index (χ4n) is 4.10. The van der Waals surface area contributed by atoms with Gasteiger partial charge in [0.1, 0.15) is 0 Å². The average Bonchev–Trinajstić information content (AvgIpc) is 2.97. The van der Waals surface area contributed by atoms with Crippen molar-refractivity contribution in [3.05, 3.63) is 52.6 Å². The number of aromatic nitrogens is 2. The maximum absolute atomic E-state index is 13.4. The molecule has 1 aliphatic rings. The molecule has 1 aromatic heterocycles. The second-order valence-electron chi connectivity index (χ2n) is 8.36. The van der Waals surface area contributed by atoms with Crippen molar-refractivity contribution < 1.29 is 27.1 Å². The van der Waals surface area contributed by atoms with Crippen molar-refractivity contribution in [1.82, 2.24) is 4.57 Å². The summed E-state index contributed by atoms with van der Waals surface area (Å²) in [5, 5.41) is 0. The Balaban J connectivity index is 2.16. The Morgan fingerprint density at radius 1 is 1.03 bits per heavy atom. The van der Waals surface area contributed by atoms with Crippen LogP contribution in [0.15, 0.2) is 24.3 Å². The average molecular weight is 420 g/mol. The van der Waals surface area contributed by atoms with Gasteiger partial charge in [-0.2, -0.15) is 8.42 Å².